The molecule has 3 heterocycles. The lowest BCUT2D eigenvalue weighted by Gasteiger charge is -2.48. The maximum atomic E-state index is 13.1. The maximum Gasteiger partial charge on any atom is 0.253 e. The topological polar surface area (TPSA) is 53.8 Å². The van der Waals surface area contributed by atoms with E-state index in [2.05, 4.69) is 4.90 Å². The van der Waals surface area contributed by atoms with Gasteiger partial charge in [0.05, 0.1) is 6.26 Å². The summed E-state index contributed by atoms with van der Waals surface area (Å²) < 4.78 is 5.38. The first-order valence-electron chi connectivity index (χ1n) is 10.2. The first-order valence-corrected chi connectivity index (χ1v) is 10.2. The van der Waals surface area contributed by atoms with E-state index in [1.807, 2.05) is 29.2 Å². The van der Waals surface area contributed by atoms with Gasteiger partial charge in [0.15, 0.2) is 0 Å². The van der Waals surface area contributed by atoms with Gasteiger partial charge >= 0.3 is 0 Å². The van der Waals surface area contributed by atoms with E-state index in [1.54, 1.807) is 6.26 Å². The largest absolute Gasteiger partial charge is 0.464 e. The Balaban J connectivity index is 1.33. The Morgan fingerprint density at radius 1 is 1.19 bits per heavy atom. The number of hydrogen-bond acceptors (Lipinski definition) is 3. The van der Waals surface area contributed by atoms with Gasteiger partial charge in [-0.1, -0.05) is 0 Å². The highest BCUT2D eigenvalue weighted by Gasteiger charge is 2.43. The number of furan rings is 1. The summed E-state index contributed by atoms with van der Waals surface area (Å²) in [5.41, 5.74) is 1.61. The molecule has 1 saturated carbocycles. The fourth-order valence-electron chi connectivity index (χ4n) is 4.88. The molecule has 1 spiro atoms. The van der Waals surface area contributed by atoms with Gasteiger partial charge in [-0.05, 0) is 62.3 Å². The molecule has 2 aromatic rings. The predicted octanol–water partition coefficient (Wildman–Crippen LogP) is 3.69. The quantitative estimate of drug-likeness (QED) is 0.832. The van der Waals surface area contributed by atoms with Gasteiger partial charge in [-0.3, -0.25) is 9.59 Å². The van der Waals surface area contributed by atoms with Crippen LogP contribution < -0.4 is 0 Å². The lowest BCUT2D eigenvalue weighted by atomic mass is 9.73. The van der Waals surface area contributed by atoms with Gasteiger partial charge in [0.25, 0.3) is 5.91 Å². The second-order valence-electron chi connectivity index (χ2n) is 8.72. The Morgan fingerprint density at radius 3 is 2.93 bits per heavy atom. The van der Waals surface area contributed by atoms with E-state index in [4.69, 9.17) is 4.42 Å². The molecule has 5 nitrogen and oxygen atoms in total. The first-order chi connectivity index (χ1) is 13.1. The average molecular weight is 366 g/mol. The van der Waals surface area contributed by atoms with Gasteiger partial charge in [0.1, 0.15) is 5.58 Å². The van der Waals surface area contributed by atoms with Gasteiger partial charge < -0.3 is 14.2 Å². The third kappa shape index (κ3) is 3.24. The zero-order valence-corrected chi connectivity index (χ0v) is 15.7. The Bertz CT molecular complexity index is 885. The minimum atomic E-state index is 0.0798. The van der Waals surface area contributed by atoms with Crippen LogP contribution in [-0.2, 0) is 4.79 Å². The van der Waals surface area contributed by atoms with Gasteiger partial charge in [-0.15, -0.1) is 0 Å². The van der Waals surface area contributed by atoms with Crippen LogP contribution in [-0.4, -0.2) is 47.8 Å². The number of fused-ring (bicyclic) bond motifs is 1. The van der Waals surface area contributed by atoms with E-state index < -0.39 is 0 Å². The molecule has 1 aromatic carbocycles. The molecule has 5 rings (SSSR count). The minimum Gasteiger partial charge on any atom is -0.464 e. The van der Waals surface area contributed by atoms with E-state index in [-0.39, 0.29) is 11.3 Å². The number of amides is 2. The molecule has 142 valence electrons. The van der Waals surface area contributed by atoms with Crippen LogP contribution in [0.25, 0.3) is 11.0 Å². The Morgan fingerprint density at radius 2 is 2.07 bits per heavy atom. The molecule has 3 aliphatic rings. The third-order valence-corrected chi connectivity index (χ3v) is 6.57. The number of rotatable bonds is 3. The van der Waals surface area contributed by atoms with Crippen molar-refractivity contribution in [1.29, 1.82) is 0 Å². The Hall–Kier alpha value is -2.30. The summed E-state index contributed by atoms with van der Waals surface area (Å²) in [6, 6.07) is 7.55. The summed E-state index contributed by atoms with van der Waals surface area (Å²) in [5.74, 6) is 1.12. The molecule has 1 aromatic heterocycles. The number of nitrogens with zero attached hydrogens (tertiary/aromatic N) is 2. The molecule has 0 N–H and O–H groups in total. The molecular formula is C22H26N2O3. The molecule has 0 radical (unpaired) electrons. The molecule has 0 unspecified atom stereocenters. The summed E-state index contributed by atoms with van der Waals surface area (Å²) in [6.45, 7) is 3.32. The molecule has 2 saturated heterocycles. The highest BCUT2D eigenvalue weighted by Crippen LogP contribution is 2.41. The van der Waals surface area contributed by atoms with Crippen molar-refractivity contribution < 1.29 is 14.0 Å². The highest BCUT2D eigenvalue weighted by atomic mass is 16.3. The lowest BCUT2D eigenvalue weighted by Crippen LogP contribution is -2.55. The van der Waals surface area contributed by atoms with Crippen molar-refractivity contribution in [3.63, 3.8) is 0 Å². The summed E-state index contributed by atoms with van der Waals surface area (Å²) >= 11 is 0. The normalized spacial score (nSPS) is 26.1. The van der Waals surface area contributed by atoms with Crippen LogP contribution in [0.5, 0.6) is 0 Å². The van der Waals surface area contributed by atoms with Gasteiger partial charge in [-0.25, -0.2) is 0 Å². The van der Waals surface area contributed by atoms with E-state index >= 15 is 0 Å². The monoisotopic (exact) mass is 366 g/mol. The average Bonchev–Trinajstić information content (AvgIpc) is 3.37. The standard InChI is InChI=1S/C22H26N2O3/c25-20-6-9-22(15-24(20)13-16-2-3-16)8-1-10-23(14-22)21(26)18-4-5-19-17(12-18)7-11-27-19/h4-5,7,11-12,16H,1-3,6,8-10,13-15H2/t22-/m0/s1. The molecule has 5 heteroatoms. The summed E-state index contributed by atoms with van der Waals surface area (Å²) in [4.78, 5) is 29.6. The predicted molar refractivity (Wildman–Crippen MR) is 102 cm³/mol. The number of carbonyl (C=O) groups is 2. The maximum absolute atomic E-state index is 13.1. The SMILES string of the molecule is O=C1CC[C@]2(CCCN(C(=O)c3ccc4occc4c3)C2)CN1CC1CC1. The number of hydrogen-bond donors (Lipinski definition) is 0. The molecule has 0 bridgehead atoms. The van der Waals surface area contributed by atoms with Crippen molar-refractivity contribution in [2.45, 2.75) is 38.5 Å². The fourth-order valence-corrected chi connectivity index (χ4v) is 4.88. The third-order valence-electron chi connectivity index (χ3n) is 6.57. The number of piperidine rings is 2. The highest BCUT2D eigenvalue weighted by molar-refractivity contribution is 5.97. The molecule has 27 heavy (non-hydrogen) atoms. The van der Waals surface area contributed by atoms with Gasteiger partial charge in [0.2, 0.25) is 5.91 Å². The van der Waals surface area contributed by atoms with E-state index in [9.17, 15) is 9.59 Å². The fraction of sp³-hybridized carbons (Fsp3) is 0.545. The molecule has 2 aliphatic heterocycles. The van der Waals surface area contributed by atoms with Crippen molar-refractivity contribution in [1.82, 2.24) is 9.80 Å². The molecule has 2 amide bonds. The van der Waals surface area contributed by atoms with E-state index in [0.29, 0.717) is 18.2 Å². The minimum absolute atomic E-state index is 0.0798. The van der Waals surface area contributed by atoms with Crippen molar-refractivity contribution in [2.24, 2.45) is 11.3 Å². The van der Waals surface area contributed by atoms with Crippen molar-refractivity contribution in [3.05, 3.63) is 36.1 Å². The second-order valence-corrected chi connectivity index (χ2v) is 8.72. The zero-order chi connectivity index (χ0) is 18.4. The summed E-state index contributed by atoms with van der Waals surface area (Å²) in [6.07, 6.45) is 7.86. The summed E-state index contributed by atoms with van der Waals surface area (Å²) in [5, 5.41) is 0.964. The molecular weight excluding hydrogens is 340 g/mol. The Kier molecular flexibility index (Phi) is 3.99. The molecule has 1 atom stereocenters. The van der Waals surface area contributed by atoms with Crippen LogP contribution >= 0.6 is 0 Å². The van der Waals surface area contributed by atoms with E-state index in [1.165, 1.54) is 12.8 Å². The molecule has 1 aliphatic carbocycles. The van der Waals surface area contributed by atoms with Crippen molar-refractivity contribution in [3.8, 4) is 0 Å². The summed E-state index contributed by atoms with van der Waals surface area (Å²) in [7, 11) is 0. The van der Waals surface area contributed by atoms with Crippen molar-refractivity contribution in [2.75, 3.05) is 26.2 Å². The van der Waals surface area contributed by atoms with Crippen LogP contribution in [0, 0.1) is 11.3 Å². The van der Waals surface area contributed by atoms with Crippen LogP contribution in [0.1, 0.15) is 48.9 Å². The zero-order valence-electron chi connectivity index (χ0n) is 15.7. The first kappa shape index (κ1) is 16.8. The number of benzene rings is 1. The molecule has 3 fully saturated rings. The van der Waals surface area contributed by atoms with Crippen LogP contribution in [0.15, 0.2) is 34.9 Å². The van der Waals surface area contributed by atoms with Crippen molar-refractivity contribution >= 4 is 22.8 Å². The van der Waals surface area contributed by atoms with Crippen LogP contribution in [0.3, 0.4) is 0 Å². The van der Waals surface area contributed by atoms with Crippen LogP contribution in [0.2, 0.25) is 0 Å². The van der Waals surface area contributed by atoms with Gasteiger partial charge in [-0.2, -0.15) is 0 Å². The van der Waals surface area contributed by atoms with Crippen LogP contribution in [0.4, 0.5) is 0 Å². The lowest BCUT2D eigenvalue weighted by molar-refractivity contribution is -0.139. The second kappa shape index (κ2) is 6.39. The van der Waals surface area contributed by atoms with Gasteiger partial charge in [0, 0.05) is 49.0 Å². The Labute approximate surface area is 159 Å². The van der Waals surface area contributed by atoms with E-state index in [0.717, 1.165) is 62.0 Å². The number of carbonyl (C=O) groups excluding carboxylic acids is 2. The smallest absolute Gasteiger partial charge is 0.253 e. The number of likely N-dealkylation sites (tertiary alicyclic amines) is 2.